The molecule has 3 aromatic rings. The van der Waals surface area contributed by atoms with E-state index in [0.29, 0.717) is 34.9 Å². The third-order valence-electron chi connectivity index (χ3n) is 3.98. The van der Waals surface area contributed by atoms with Gasteiger partial charge in [0.25, 0.3) is 11.8 Å². The Hall–Kier alpha value is -3.75. The lowest BCUT2D eigenvalue weighted by Crippen LogP contribution is -2.18. The maximum Gasteiger partial charge on any atom is 0.255 e. The number of benzene rings is 2. The Morgan fingerprint density at radius 2 is 1.82 bits per heavy atom. The van der Waals surface area contributed by atoms with Crippen LogP contribution in [0.4, 0.5) is 5.69 Å². The predicted octanol–water partition coefficient (Wildman–Crippen LogP) is 1.88. The van der Waals surface area contributed by atoms with Crippen molar-refractivity contribution < 1.29 is 14.3 Å². The molecule has 0 aliphatic heterocycles. The van der Waals surface area contributed by atoms with E-state index in [0.717, 1.165) is 0 Å². The van der Waals surface area contributed by atoms with Gasteiger partial charge in [-0.2, -0.15) is 0 Å². The molecule has 0 saturated carbocycles. The van der Waals surface area contributed by atoms with Crippen molar-refractivity contribution >= 4 is 17.5 Å². The number of aryl methyl sites for hydroxylation is 1. The summed E-state index contributed by atoms with van der Waals surface area (Å²) < 4.78 is 7.34. The van der Waals surface area contributed by atoms with Gasteiger partial charge >= 0.3 is 0 Å². The summed E-state index contributed by atoms with van der Waals surface area (Å²) in [6, 6.07) is 13.5. The van der Waals surface area contributed by atoms with Crippen LogP contribution in [0.1, 0.15) is 33.5 Å². The van der Waals surface area contributed by atoms with E-state index in [1.54, 1.807) is 60.3 Å². The summed E-state index contributed by atoms with van der Waals surface area (Å²) in [5.74, 6) is 0.597. The highest BCUT2D eigenvalue weighted by atomic mass is 16.5. The molecule has 0 fully saturated rings. The molecule has 28 heavy (non-hydrogen) atoms. The second-order valence-electron chi connectivity index (χ2n) is 5.84. The molecule has 2 amide bonds. The summed E-state index contributed by atoms with van der Waals surface area (Å²) in [4.78, 5) is 24.3. The molecule has 144 valence electrons. The van der Waals surface area contributed by atoms with Crippen LogP contribution in [0.5, 0.6) is 5.75 Å². The third kappa shape index (κ3) is 4.50. The van der Waals surface area contributed by atoms with Gasteiger partial charge < -0.3 is 15.4 Å². The number of hydrogen-bond acceptors (Lipinski definition) is 6. The van der Waals surface area contributed by atoms with E-state index in [2.05, 4.69) is 26.2 Å². The van der Waals surface area contributed by atoms with Crippen molar-refractivity contribution in [3.63, 3.8) is 0 Å². The Morgan fingerprint density at radius 1 is 1.07 bits per heavy atom. The number of tetrazole rings is 1. The first-order valence-electron chi connectivity index (χ1n) is 8.72. The van der Waals surface area contributed by atoms with Crippen LogP contribution in [0.15, 0.2) is 48.5 Å². The largest absolute Gasteiger partial charge is 0.486 e. The molecular weight excluding hydrogens is 360 g/mol. The highest BCUT2D eigenvalue weighted by Gasteiger charge is 2.10. The SMILES string of the molecule is CCn1nnnc1COc1cccc(C(=O)Nc2cccc(C(=O)NC)c2)c1. The molecule has 0 atom stereocenters. The molecule has 9 heteroatoms. The number of hydrogen-bond donors (Lipinski definition) is 2. The quantitative estimate of drug-likeness (QED) is 0.647. The van der Waals surface area contributed by atoms with E-state index < -0.39 is 0 Å². The van der Waals surface area contributed by atoms with Crippen molar-refractivity contribution in [3.05, 3.63) is 65.5 Å². The summed E-state index contributed by atoms with van der Waals surface area (Å²) in [5.41, 5.74) is 1.42. The Morgan fingerprint density at radius 3 is 2.57 bits per heavy atom. The van der Waals surface area contributed by atoms with E-state index in [9.17, 15) is 9.59 Å². The fourth-order valence-electron chi connectivity index (χ4n) is 2.53. The number of carbonyl (C=O) groups is 2. The zero-order valence-corrected chi connectivity index (χ0v) is 15.5. The normalized spacial score (nSPS) is 10.4. The van der Waals surface area contributed by atoms with Gasteiger partial charge in [-0.25, -0.2) is 4.68 Å². The van der Waals surface area contributed by atoms with E-state index in [4.69, 9.17) is 4.74 Å². The predicted molar refractivity (Wildman–Crippen MR) is 102 cm³/mol. The summed E-state index contributed by atoms with van der Waals surface area (Å²) in [6.07, 6.45) is 0. The first-order valence-corrected chi connectivity index (χ1v) is 8.72. The van der Waals surface area contributed by atoms with Crippen molar-refractivity contribution in [2.24, 2.45) is 0 Å². The van der Waals surface area contributed by atoms with Gasteiger partial charge in [0.05, 0.1) is 0 Å². The standard InChI is InChI=1S/C19H20N6O3/c1-3-25-17(22-23-24-25)12-28-16-9-5-7-14(11-16)19(27)21-15-8-4-6-13(10-15)18(26)20-2/h4-11H,3,12H2,1-2H3,(H,20,26)(H,21,27). The van der Waals surface area contributed by atoms with Crippen molar-refractivity contribution in [2.45, 2.75) is 20.1 Å². The topological polar surface area (TPSA) is 111 Å². The van der Waals surface area contributed by atoms with Gasteiger partial charge in [-0.15, -0.1) is 5.10 Å². The fourth-order valence-corrected chi connectivity index (χ4v) is 2.53. The Kier molecular flexibility index (Phi) is 5.95. The molecule has 1 heterocycles. The van der Waals surface area contributed by atoms with Gasteiger partial charge in [0.2, 0.25) is 0 Å². The van der Waals surface area contributed by atoms with E-state index in [-0.39, 0.29) is 18.4 Å². The van der Waals surface area contributed by atoms with E-state index >= 15 is 0 Å². The lowest BCUT2D eigenvalue weighted by atomic mass is 10.1. The number of aromatic nitrogens is 4. The molecular formula is C19H20N6O3. The van der Waals surface area contributed by atoms with Crippen LogP contribution in [-0.2, 0) is 13.2 Å². The minimum Gasteiger partial charge on any atom is -0.486 e. The van der Waals surface area contributed by atoms with Crippen molar-refractivity contribution in [2.75, 3.05) is 12.4 Å². The van der Waals surface area contributed by atoms with Gasteiger partial charge in [0, 0.05) is 30.4 Å². The van der Waals surface area contributed by atoms with Crippen LogP contribution in [-0.4, -0.2) is 39.1 Å². The fraction of sp³-hybridized carbons (Fsp3) is 0.211. The Labute approximate surface area is 161 Å². The summed E-state index contributed by atoms with van der Waals surface area (Å²) >= 11 is 0. The molecule has 9 nitrogen and oxygen atoms in total. The number of rotatable bonds is 7. The highest BCUT2D eigenvalue weighted by Crippen LogP contribution is 2.17. The molecule has 0 bridgehead atoms. The van der Waals surface area contributed by atoms with E-state index in [1.807, 2.05) is 6.92 Å². The molecule has 2 N–H and O–H groups in total. The lowest BCUT2D eigenvalue weighted by Gasteiger charge is -2.09. The summed E-state index contributed by atoms with van der Waals surface area (Å²) in [7, 11) is 1.55. The van der Waals surface area contributed by atoms with Gasteiger partial charge in [0.15, 0.2) is 5.82 Å². The number of nitrogens with one attached hydrogen (secondary N) is 2. The van der Waals surface area contributed by atoms with Crippen LogP contribution >= 0.6 is 0 Å². The maximum absolute atomic E-state index is 12.5. The van der Waals surface area contributed by atoms with Crippen molar-refractivity contribution in [3.8, 4) is 5.75 Å². The minimum atomic E-state index is -0.308. The minimum absolute atomic E-state index is 0.195. The molecule has 0 spiro atoms. The number of amides is 2. The highest BCUT2D eigenvalue weighted by molar-refractivity contribution is 6.05. The monoisotopic (exact) mass is 380 g/mol. The van der Waals surface area contributed by atoms with Gasteiger partial charge in [-0.1, -0.05) is 12.1 Å². The van der Waals surface area contributed by atoms with Crippen LogP contribution in [0, 0.1) is 0 Å². The zero-order valence-electron chi connectivity index (χ0n) is 15.5. The average Bonchev–Trinajstić information content (AvgIpc) is 3.19. The second kappa shape index (κ2) is 8.76. The molecule has 0 unspecified atom stereocenters. The molecule has 1 aromatic heterocycles. The lowest BCUT2D eigenvalue weighted by molar-refractivity contribution is 0.0961. The van der Waals surface area contributed by atoms with Gasteiger partial charge in [-0.3, -0.25) is 9.59 Å². The molecule has 0 aliphatic rings. The van der Waals surface area contributed by atoms with Crippen LogP contribution in [0.2, 0.25) is 0 Å². The number of anilines is 1. The Balaban J connectivity index is 1.68. The molecule has 2 aromatic carbocycles. The smallest absolute Gasteiger partial charge is 0.255 e. The summed E-state index contributed by atoms with van der Waals surface area (Å²) in [5, 5.41) is 16.7. The van der Waals surface area contributed by atoms with Gasteiger partial charge in [0.1, 0.15) is 12.4 Å². The molecule has 0 radical (unpaired) electrons. The summed E-state index contributed by atoms with van der Waals surface area (Å²) in [6.45, 7) is 2.77. The maximum atomic E-state index is 12.5. The van der Waals surface area contributed by atoms with Crippen LogP contribution < -0.4 is 15.4 Å². The average molecular weight is 380 g/mol. The van der Waals surface area contributed by atoms with Crippen molar-refractivity contribution in [1.29, 1.82) is 0 Å². The van der Waals surface area contributed by atoms with Crippen LogP contribution in [0.25, 0.3) is 0 Å². The number of ether oxygens (including phenoxy) is 1. The first kappa shape index (κ1) is 19.0. The van der Waals surface area contributed by atoms with E-state index in [1.165, 1.54) is 0 Å². The molecule has 0 aliphatic carbocycles. The van der Waals surface area contributed by atoms with Crippen molar-refractivity contribution in [1.82, 2.24) is 25.5 Å². The number of carbonyl (C=O) groups excluding carboxylic acids is 2. The van der Waals surface area contributed by atoms with Crippen LogP contribution in [0.3, 0.4) is 0 Å². The first-order chi connectivity index (χ1) is 13.6. The molecule has 0 saturated heterocycles. The van der Waals surface area contributed by atoms with Gasteiger partial charge in [-0.05, 0) is 53.7 Å². The second-order valence-corrected chi connectivity index (χ2v) is 5.84. The third-order valence-corrected chi connectivity index (χ3v) is 3.98. The zero-order chi connectivity index (χ0) is 19.9. The Bertz CT molecular complexity index is 985. The number of nitrogens with zero attached hydrogens (tertiary/aromatic N) is 4. The molecule has 3 rings (SSSR count).